The Bertz CT molecular complexity index is 1150. The molecule has 8 nitrogen and oxygen atoms in total. The number of anilines is 2. The van der Waals surface area contributed by atoms with Gasteiger partial charge in [0.25, 0.3) is 0 Å². The molecule has 2 N–H and O–H groups in total. The summed E-state index contributed by atoms with van der Waals surface area (Å²) in [6.07, 6.45) is 0. The summed E-state index contributed by atoms with van der Waals surface area (Å²) in [5.74, 6) is 0.189. The van der Waals surface area contributed by atoms with Crippen molar-refractivity contribution in [1.29, 1.82) is 0 Å². The number of hydrogen-bond donors (Lipinski definition) is 2. The molecule has 0 aliphatic carbocycles. The van der Waals surface area contributed by atoms with Crippen LogP contribution in [0.3, 0.4) is 0 Å². The van der Waals surface area contributed by atoms with E-state index in [1.54, 1.807) is 36.1 Å². The van der Waals surface area contributed by atoms with Crippen molar-refractivity contribution < 1.29 is 14.3 Å². The standard InChI is InChI=1S/C26H32ClN5O3/c1-18-6-12-21(13-7-18)32-23(16-22(30-32)26(2,3)4)29-24(33)17-31(14-15-35-5)25(34)28-20-10-8-19(27)9-11-20/h6-13,16H,14-15,17H2,1-5H3,(H,28,34)(H,29,33). The van der Waals surface area contributed by atoms with Gasteiger partial charge in [-0.05, 0) is 43.3 Å². The van der Waals surface area contributed by atoms with E-state index in [-0.39, 0.29) is 31.0 Å². The summed E-state index contributed by atoms with van der Waals surface area (Å²) in [4.78, 5) is 27.3. The number of aryl methyl sites for hydroxylation is 1. The molecule has 2 aromatic carbocycles. The fraction of sp³-hybridized carbons (Fsp3) is 0.346. The van der Waals surface area contributed by atoms with Crippen molar-refractivity contribution in [2.45, 2.75) is 33.1 Å². The maximum absolute atomic E-state index is 13.1. The highest BCUT2D eigenvalue weighted by Crippen LogP contribution is 2.26. The second-order valence-electron chi connectivity index (χ2n) is 9.31. The molecule has 0 aliphatic rings. The molecule has 0 atom stereocenters. The molecule has 1 aromatic heterocycles. The molecule has 35 heavy (non-hydrogen) atoms. The van der Waals surface area contributed by atoms with Crippen molar-refractivity contribution in [2.24, 2.45) is 0 Å². The van der Waals surface area contributed by atoms with Gasteiger partial charge in [0.1, 0.15) is 12.4 Å². The second-order valence-corrected chi connectivity index (χ2v) is 9.75. The smallest absolute Gasteiger partial charge is 0.322 e. The van der Waals surface area contributed by atoms with Gasteiger partial charge < -0.3 is 20.3 Å². The molecule has 1 heterocycles. The average Bonchev–Trinajstić information content (AvgIpc) is 3.22. The molecule has 0 spiro atoms. The van der Waals surface area contributed by atoms with Crippen molar-refractivity contribution in [3.8, 4) is 5.69 Å². The molecule has 0 aliphatic heterocycles. The Labute approximate surface area is 211 Å². The van der Waals surface area contributed by atoms with E-state index < -0.39 is 6.03 Å². The maximum Gasteiger partial charge on any atom is 0.322 e. The highest BCUT2D eigenvalue weighted by atomic mass is 35.5. The van der Waals surface area contributed by atoms with Crippen LogP contribution in [0.25, 0.3) is 5.69 Å². The number of ether oxygens (including phenoxy) is 1. The van der Waals surface area contributed by atoms with Crippen LogP contribution in [0.15, 0.2) is 54.6 Å². The summed E-state index contributed by atoms with van der Waals surface area (Å²) in [5, 5.41) is 11.0. The van der Waals surface area contributed by atoms with Crippen LogP contribution in [0.2, 0.25) is 5.02 Å². The van der Waals surface area contributed by atoms with E-state index in [0.29, 0.717) is 16.5 Å². The highest BCUT2D eigenvalue weighted by molar-refractivity contribution is 6.30. The van der Waals surface area contributed by atoms with Crippen molar-refractivity contribution in [3.63, 3.8) is 0 Å². The lowest BCUT2D eigenvalue weighted by Crippen LogP contribution is -2.42. The zero-order valence-electron chi connectivity index (χ0n) is 20.8. The largest absolute Gasteiger partial charge is 0.383 e. The SMILES string of the molecule is COCCN(CC(=O)Nc1cc(C(C)(C)C)nn1-c1ccc(C)cc1)C(=O)Nc1ccc(Cl)cc1. The van der Waals surface area contributed by atoms with E-state index in [0.717, 1.165) is 16.9 Å². The lowest BCUT2D eigenvalue weighted by atomic mass is 9.92. The number of carbonyl (C=O) groups is 2. The van der Waals surface area contributed by atoms with Gasteiger partial charge in [0, 0.05) is 35.8 Å². The molecule has 0 saturated heterocycles. The van der Waals surface area contributed by atoms with Crippen molar-refractivity contribution >= 4 is 35.0 Å². The first-order valence-corrected chi connectivity index (χ1v) is 11.7. The van der Waals surface area contributed by atoms with Gasteiger partial charge in [0.2, 0.25) is 5.91 Å². The predicted molar refractivity (Wildman–Crippen MR) is 140 cm³/mol. The third-order valence-corrected chi connectivity index (χ3v) is 5.56. The van der Waals surface area contributed by atoms with Gasteiger partial charge in [0.15, 0.2) is 0 Å². The van der Waals surface area contributed by atoms with E-state index in [9.17, 15) is 9.59 Å². The fourth-order valence-electron chi connectivity index (χ4n) is 3.26. The minimum atomic E-state index is -0.415. The maximum atomic E-state index is 13.1. The molecule has 0 saturated carbocycles. The molecule has 3 aromatic rings. The number of urea groups is 1. The molecule has 0 fully saturated rings. The predicted octanol–water partition coefficient (Wildman–Crippen LogP) is 5.25. The number of aromatic nitrogens is 2. The number of halogens is 1. The lowest BCUT2D eigenvalue weighted by Gasteiger charge is -2.22. The van der Waals surface area contributed by atoms with E-state index in [4.69, 9.17) is 21.4 Å². The normalized spacial score (nSPS) is 11.3. The van der Waals surface area contributed by atoms with Crippen molar-refractivity contribution in [3.05, 3.63) is 70.9 Å². The molecule has 186 valence electrons. The number of carbonyl (C=O) groups excluding carboxylic acids is 2. The van der Waals surface area contributed by atoms with Crippen LogP contribution in [0, 0.1) is 6.92 Å². The van der Waals surface area contributed by atoms with Crippen LogP contribution in [-0.2, 0) is 14.9 Å². The highest BCUT2D eigenvalue weighted by Gasteiger charge is 2.23. The van der Waals surface area contributed by atoms with Gasteiger partial charge in [-0.2, -0.15) is 5.10 Å². The first-order chi connectivity index (χ1) is 16.6. The summed E-state index contributed by atoms with van der Waals surface area (Å²) >= 11 is 5.92. The number of rotatable bonds is 8. The Morgan fingerprint density at radius 1 is 1.06 bits per heavy atom. The molecular formula is C26H32ClN5O3. The van der Waals surface area contributed by atoms with Crippen LogP contribution in [-0.4, -0.2) is 53.4 Å². The van der Waals surface area contributed by atoms with Crippen LogP contribution in [0.5, 0.6) is 0 Å². The molecule has 0 bridgehead atoms. The Kier molecular flexibility index (Phi) is 8.53. The van der Waals surface area contributed by atoms with E-state index in [1.165, 1.54) is 4.90 Å². The van der Waals surface area contributed by atoms with Crippen LogP contribution in [0.4, 0.5) is 16.3 Å². The van der Waals surface area contributed by atoms with E-state index in [1.807, 2.05) is 37.3 Å². The van der Waals surface area contributed by atoms with Gasteiger partial charge in [-0.1, -0.05) is 50.1 Å². The van der Waals surface area contributed by atoms with Crippen molar-refractivity contribution in [2.75, 3.05) is 37.4 Å². The molecule has 9 heteroatoms. The summed E-state index contributed by atoms with van der Waals surface area (Å²) in [6.45, 7) is 8.58. The van der Waals surface area contributed by atoms with Crippen LogP contribution >= 0.6 is 11.6 Å². The number of amides is 3. The minimum absolute atomic E-state index is 0.160. The minimum Gasteiger partial charge on any atom is -0.383 e. The number of nitrogens with zero attached hydrogens (tertiary/aromatic N) is 3. The monoisotopic (exact) mass is 497 g/mol. The summed E-state index contributed by atoms with van der Waals surface area (Å²) < 4.78 is 6.84. The Morgan fingerprint density at radius 3 is 2.31 bits per heavy atom. The molecular weight excluding hydrogens is 466 g/mol. The summed E-state index contributed by atoms with van der Waals surface area (Å²) in [7, 11) is 1.55. The van der Waals surface area contributed by atoms with Crippen LogP contribution in [0.1, 0.15) is 32.0 Å². The summed E-state index contributed by atoms with van der Waals surface area (Å²) in [5.41, 5.74) is 3.17. The van der Waals surface area contributed by atoms with Crippen LogP contribution < -0.4 is 10.6 Å². The number of methoxy groups -OCH3 is 1. The zero-order valence-corrected chi connectivity index (χ0v) is 21.5. The summed E-state index contributed by atoms with van der Waals surface area (Å²) in [6, 6.07) is 16.1. The third-order valence-electron chi connectivity index (χ3n) is 5.31. The number of hydrogen-bond acceptors (Lipinski definition) is 4. The van der Waals surface area contributed by atoms with Gasteiger partial charge in [-0.15, -0.1) is 0 Å². The lowest BCUT2D eigenvalue weighted by molar-refractivity contribution is -0.116. The molecule has 3 rings (SSSR count). The Morgan fingerprint density at radius 2 is 1.71 bits per heavy atom. The zero-order chi connectivity index (χ0) is 25.6. The number of nitrogens with one attached hydrogen (secondary N) is 2. The fourth-order valence-corrected chi connectivity index (χ4v) is 3.39. The van der Waals surface area contributed by atoms with E-state index in [2.05, 4.69) is 31.4 Å². The van der Waals surface area contributed by atoms with Gasteiger partial charge in [-0.3, -0.25) is 4.79 Å². The molecule has 0 radical (unpaired) electrons. The molecule has 3 amide bonds. The average molecular weight is 498 g/mol. The Balaban J connectivity index is 1.79. The first kappa shape index (κ1) is 26.2. The topological polar surface area (TPSA) is 88.5 Å². The third kappa shape index (κ3) is 7.31. The Hall–Kier alpha value is -3.36. The van der Waals surface area contributed by atoms with Gasteiger partial charge in [0.05, 0.1) is 18.0 Å². The van der Waals surface area contributed by atoms with Gasteiger partial charge >= 0.3 is 6.03 Å². The molecule has 0 unspecified atom stereocenters. The quantitative estimate of drug-likeness (QED) is 0.445. The first-order valence-electron chi connectivity index (χ1n) is 11.3. The van der Waals surface area contributed by atoms with E-state index >= 15 is 0 Å². The van der Waals surface area contributed by atoms with Gasteiger partial charge in [-0.25, -0.2) is 9.48 Å². The van der Waals surface area contributed by atoms with Crippen molar-refractivity contribution in [1.82, 2.24) is 14.7 Å². The number of benzene rings is 2. The second kappa shape index (κ2) is 11.4.